The molecule has 140 valence electrons. The van der Waals surface area contributed by atoms with Crippen LogP contribution in [0, 0.1) is 11.3 Å². The van der Waals surface area contributed by atoms with Crippen LogP contribution in [0.2, 0.25) is 5.02 Å². The van der Waals surface area contributed by atoms with Crippen LogP contribution in [0.4, 0.5) is 0 Å². The second-order valence-electron chi connectivity index (χ2n) is 5.84. The number of aromatic nitrogens is 1. The monoisotopic (exact) mass is 440 g/mol. The minimum atomic E-state index is -1.26. The van der Waals surface area contributed by atoms with E-state index in [1.54, 1.807) is 48.7 Å². The lowest BCUT2D eigenvalue weighted by molar-refractivity contribution is 0.219. The highest BCUT2D eigenvalue weighted by Gasteiger charge is 2.35. The third kappa shape index (κ3) is 4.50. The number of nitrogens with one attached hydrogen (secondary N) is 1. The Morgan fingerprint density at radius 1 is 1.19 bits per heavy atom. The molecule has 0 fully saturated rings. The zero-order valence-electron chi connectivity index (χ0n) is 13.8. The minimum absolute atomic E-state index is 0.0121. The Morgan fingerprint density at radius 2 is 1.89 bits per heavy atom. The maximum absolute atomic E-state index is 10.9. The molecule has 0 spiro atoms. The summed E-state index contributed by atoms with van der Waals surface area (Å²) in [6, 6.07) is 9.82. The first-order chi connectivity index (χ1) is 12.9. The molecule has 0 aliphatic carbocycles. The Morgan fingerprint density at radius 3 is 2.44 bits per heavy atom. The molecule has 1 aliphatic rings. The molecule has 8 heteroatoms. The van der Waals surface area contributed by atoms with Gasteiger partial charge in [0.05, 0.1) is 14.8 Å². The van der Waals surface area contributed by atoms with E-state index in [1.807, 2.05) is 0 Å². The lowest BCUT2D eigenvalue weighted by Crippen LogP contribution is -2.23. The highest BCUT2D eigenvalue weighted by atomic mass is 35.5. The van der Waals surface area contributed by atoms with E-state index in [2.05, 4.69) is 4.98 Å². The van der Waals surface area contributed by atoms with Crippen molar-refractivity contribution in [2.45, 2.75) is 10.8 Å². The predicted molar refractivity (Wildman–Crippen MR) is 113 cm³/mol. The third-order valence-electron chi connectivity index (χ3n) is 4.09. The van der Waals surface area contributed by atoms with Gasteiger partial charge in [-0.2, -0.15) is 0 Å². The number of alkyl halides is 1. The summed E-state index contributed by atoms with van der Waals surface area (Å²) in [6.45, 7) is 0. The van der Waals surface area contributed by atoms with E-state index in [-0.39, 0.29) is 17.0 Å². The van der Waals surface area contributed by atoms with Crippen molar-refractivity contribution in [3.8, 4) is 0 Å². The van der Waals surface area contributed by atoms with Crippen LogP contribution in [0.1, 0.15) is 17.2 Å². The number of aliphatic hydroxyl groups excluding tert-OH is 2. The molecule has 27 heavy (non-hydrogen) atoms. The van der Waals surface area contributed by atoms with Gasteiger partial charge in [-0.25, -0.2) is 0 Å². The SMILES string of the molecule is N=C(/C(=C(\O)c1ccc(Cl)cc1)C(O)c1cccnc1)C1C=C(Cl)SC1Cl. The maximum atomic E-state index is 10.9. The quantitative estimate of drug-likeness (QED) is 0.313. The molecule has 1 aromatic carbocycles. The topological polar surface area (TPSA) is 77.2 Å². The molecule has 0 saturated carbocycles. The van der Waals surface area contributed by atoms with Crippen molar-refractivity contribution in [3.05, 3.63) is 81.0 Å². The van der Waals surface area contributed by atoms with E-state index in [0.29, 0.717) is 20.5 Å². The van der Waals surface area contributed by atoms with Gasteiger partial charge in [-0.1, -0.05) is 41.0 Å². The molecule has 4 nitrogen and oxygen atoms in total. The van der Waals surface area contributed by atoms with E-state index in [9.17, 15) is 10.2 Å². The number of pyridine rings is 1. The van der Waals surface area contributed by atoms with Crippen molar-refractivity contribution in [1.29, 1.82) is 5.41 Å². The summed E-state index contributed by atoms with van der Waals surface area (Å²) in [4.78, 5) is 4.00. The second kappa shape index (κ2) is 8.67. The van der Waals surface area contributed by atoms with Crippen LogP contribution in [0.15, 0.2) is 64.8 Å². The second-order valence-corrected chi connectivity index (χ2v) is 8.82. The lowest BCUT2D eigenvalue weighted by Gasteiger charge is -2.22. The number of benzene rings is 1. The number of nitrogens with zero attached hydrogens (tertiary/aromatic N) is 1. The van der Waals surface area contributed by atoms with E-state index in [1.165, 1.54) is 18.0 Å². The summed E-state index contributed by atoms with van der Waals surface area (Å²) in [7, 11) is 0. The van der Waals surface area contributed by atoms with Gasteiger partial charge in [0.25, 0.3) is 0 Å². The Labute approximate surface area is 176 Å². The van der Waals surface area contributed by atoms with Crippen LogP contribution in [0.25, 0.3) is 5.76 Å². The average Bonchev–Trinajstić information content (AvgIpc) is 3.01. The van der Waals surface area contributed by atoms with Crippen LogP contribution in [-0.4, -0.2) is 25.6 Å². The van der Waals surface area contributed by atoms with Gasteiger partial charge in [0.2, 0.25) is 0 Å². The molecular formula is C19H15Cl3N2O2S. The van der Waals surface area contributed by atoms with Crippen molar-refractivity contribution in [2.24, 2.45) is 5.92 Å². The summed E-state index contributed by atoms with van der Waals surface area (Å²) in [6.07, 6.45) is 3.45. The number of aliphatic hydroxyl groups is 2. The number of rotatable bonds is 5. The Bertz CT molecular complexity index is 901. The van der Waals surface area contributed by atoms with Crippen LogP contribution >= 0.6 is 46.6 Å². The van der Waals surface area contributed by atoms with Crippen molar-refractivity contribution in [3.63, 3.8) is 0 Å². The van der Waals surface area contributed by atoms with Gasteiger partial charge in [0.15, 0.2) is 0 Å². The Balaban J connectivity index is 2.10. The Hall–Kier alpha value is -1.50. The van der Waals surface area contributed by atoms with Crippen LogP contribution < -0.4 is 0 Å². The molecule has 3 unspecified atom stereocenters. The Kier molecular flexibility index (Phi) is 6.50. The van der Waals surface area contributed by atoms with Crippen LogP contribution in [0.5, 0.6) is 0 Å². The van der Waals surface area contributed by atoms with E-state index in [4.69, 9.17) is 40.2 Å². The summed E-state index contributed by atoms with van der Waals surface area (Å²) in [5.41, 5.74) is 0.907. The predicted octanol–water partition coefficient (Wildman–Crippen LogP) is 5.77. The first-order valence-electron chi connectivity index (χ1n) is 7.92. The fourth-order valence-corrected chi connectivity index (χ4v) is 4.68. The van der Waals surface area contributed by atoms with Crippen molar-refractivity contribution >= 4 is 58.0 Å². The van der Waals surface area contributed by atoms with E-state index in [0.717, 1.165) is 0 Å². The molecule has 0 amide bonds. The molecule has 0 saturated heterocycles. The fourth-order valence-electron chi connectivity index (χ4n) is 2.70. The number of allylic oxidation sites excluding steroid dienone is 1. The zero-order valence-corrected chi connectivity index (χ0v) is 16.9. The van der Waals surface area contributed by atoms with Gasteiger partial charge in [-0.3, -0.25) is 4.98 Å². The summed E-state index contributed by atoms with van der Waals surface area (Å²) < 4.78 is -0.0231. The number of hydrogen-bond acceptors (Lipinski definition) is 5. The summed E-state index contributed by atoms with van der Waals surface area (Å²) in [5.74, 6) is -0.779. The van der Waals surface area contributed by atoms with Crippen molar-refractivity contribution in [1.82, 2.24) is 4.98 Å². The van der Waals surface area contributed by atoms with Crippen LogP contribution in [0.3, 0.4) is 0 Å². The largest absolute Gasteiger partial charge is 0.507 e. The van der Waals surface area contributed by atoms with Gasteiger partial charge < -0.3 is 15.6 Å². The van der Waals surface area contributed by atoms with Gasteiger partial charge in [-0.15, -0.1) is 11.6 Å². The molecule has 3 N–H and O–H groups in total. The normalized spacial score (nSPS) is 21.4. The zero-order chi connectivity index (χ0) is 19.6. The first-order valence-corrected chi connectivity index (χ1v) is 9.99. The van der Waals surface area contributed by atoms with Gasteiger partial charge in [0, 0.05) is 40.0 Å². The molecule has 0 radical (unpaired) electrons. The van der Waals surface area contributed by atoms with Crippen molar-refractivity contribution in [2.75, 3.05) is 0 Å². The summed E-state index contributed by atoms with van der Waals surface area (Å²) >= 11 is 19.5. The van der Waals surface area contributed by atoms with Crippen molar-refractivity contribution < 1.29 is 10.2 Å². The highest BCUT2D eigenvalue weighted by Crippen LogP contribution is 2.44. The first kappa shape index (κ1) is 20.2. The molecular weight excluding hydrogens is 427 g/mol. The molecule has 1 aliphatic heterocycles. The molecule has 2 aromatic rings. The maximum Gasteiger partial charge on any atom is 0.130 e. The fraction of sp³-hybridized carbons (Fsp3) is 0.158. The number of thioether (sulfide) groups is 1. The standard InChI is InChI=1S/C19H15Cl3N2O2S/c20-12-5-3-10(4-6-12)17(25)15(18(26)11-2-1-7-24-9-11)16(23)13-8-14(21)27-19(13)22/h1-9,13,18-19,23,25-26H/b17-15+,23-16?. The molecule has 3 atom stereocenters. The molecule has 2 heterocycles. The minimum Gasteiger partial charge on any atom is -0.507 e. The highest BCUT2D eigenvalue weighted by molar-refractivity contribution is 8.06. The van der Waals surface area contributed by atoms with Gasteiger partial charge in [0.1, 0.15) is 11.9 Å². The molecule has 3 rings (SSSR count). The van der Waals surface area contributed by atoms with E-state index < -0.39 is 16.7 Å². The third-order valence-corrected chi connectivity index (χ3v) is 6.15. The molecule has 0 bridgehead atoms. The van der Waals surface area contributed by atoms with Crippen LogP contribution in [-0.2, 0) is 0 Å². The average molecular weight is 442 g/mol. The lowest BCUT2D eigenvalue weighted by atomic mass is 9.89. The van der Waals surface area contributed by atoms with Gasteiger partial charge in [-0.05, 0) is 36.4 Å². The number of hydrogen-bond donors (Lipinski definition) is 3. The number of halogens is 3. The molecule has 1 aromatic heterocycles. The summed E-state index contributed by atoms with van der Waals surface area (Å²) in [5, 5.41) is 31.0. The smallest absolute Gasteiger partial charge is 0.130 e. The van der Waals surface area contributed by atoms with E-state index >= 15 is 0 Å². The van der Waals surface area contributed by atoms with Gasteiger partial charge >= 0.3 is 0 Å².